The molecular formula is C21H26N2O3S. The molecule has 1 atom stereocenters. The van der Waals surface area contributed by atoms with Crippen molar-refractivity contribution < 1.29 is 13.2 Å². The van der Waals surface area contributed by atoms with Crippen molar-refractivity contribution in [2.24, 2.45) is 5.92 Å². The summed E-state index contributed by atoms with van der Waals surface area (Å²) in [7, 11) is -3.45. The number of sulfonamides is 1. The van der Waals surface area contributed by atoms with E-state index in [2.05, 4.69) is 5.32 Å². The largest absolute Gasteiger partial charge is 0.326 e. The maximum atomic E-state index is 12.9. The van der Waals surface area contributed by atoms with E-state index in [1.807, 2.05) is 62.4 Å². The fraction of sp³-hybridized carbons (Fsp3) is 0.381. The van der Waals surface area contributed by atoms with E-state index < -0.39 is 10.0 Å². The molecule has 144 valence electrons. The molecule has 0 aliphatic carbocycles. The van der Waals surface area contributed by atoms with Crippen LogP contribution in [0.5, 0.6) is 0 Å². The summed E-state index contributed by atoms with van der Waals surface area (Å²) in [5.74, 6) is -0.464. The van der Waals surface area contributed by atoms with Crippen LogP contribution in [0.2, 0.25) is 0 Å². The monoisotopic (exact) mass is 386 g/mol. The lowest BCUT2D eigenvalue weighted by Gasteiger charge is -2.31. The topological polar surface area (TPSA) is 66.5 Å². The quantitative estimate of drug-likeness (QED) is 0.855. The van der Waals surface area contributed by atoms with Crippen molar-refractivity contribution in [2.75, 3.05) is 18.4 Å². The van der Waals surface area contributed by atoms with Crippen LogP contribution in [0, 0.1) is 19.8 Å². The molecule has 1 aliphatic heterocycles. The number of carbonyl (C=O) groups is 1. The Morgan fingerprint density at radius 3 is 2.67 bits per heavy atom. The molecule has 1 heterocycles. The van der Waals surface area contributed by atoms with Gasteiger partial charge in [-0.05, 0) is 55.5 Å². The Labute approximate surface area is 161 Å². The zero-order valence-corrected chi connectivity index (χ0v) is 16.6. The van der Waals surface area contributed by atoms with E-state index >= 15 is 0 Å². The Bertz CT molecular complexity index is 925. The lowest BCUT2D eigenvalue weighted by Crippen LogP contribution is -2.44. The highest BCUT2D eigenvalue weighted by molar-refractivity contribution is 7.88. The van der Waals surface area contributed by atoms with Gasteiger partial charge in [-0.3, -0.25) is 4.79 Å². The molecule has 0 saturated carbocycles. The molecule has 1 N–H and O–H groups in total. The van der Waals surface area contributed by atoms with E-state index in [0.29, 0.717) is 19.4 Å². The number of hydrogen-bond donors (Lipinski definition) is 1. The van der Waals surface area contributed by atoms with Crippen LogP contribution in [0.3, 0.4) is 0 Å². The third-order valence-corrected chi connectivity index (χ3v) is 6.83. The van der Waals surface area contributed by atoms with Gasteiger partial charge in [-0.1, -0.05) is 36.4 Å². The van der Waals surface area contributed by atoms with Crippen LogP contribution < -0.4 is 5.32 Å². The number of carbonyl (C=O) groups excluding carboxylic acids is 1. The van der Waals surface area contributed by atoms with Gasteiger partial charge < -0.3 is 5.32 Å². The second-order valence-corrected chi connectivity index (χ2v) is 9.21. The Morgan fingerprint density at radius 2 is 1.93 bits per heavy atom. The number of aryl methyl sites for hydroxylation is 2. The van der Waals surface area contributed by atoms with Gasteiger partial charge >= 0.3 is 0 Å². The molecule has 1 aliphatic rings. The predicted octanol–water partition coefficient (Wildman–Crippen LogP) is 3.48. The van der Waals surface area contributed by atoms with E-state index in [0.717, 1.165) is 22.4 Å². The van der Waals surface area contributed by atoms with Crippen LogP contribution in [-0.4, -0.2) is 31.7 Å². The lowest BCUT2D eigenvalue weighted by molar-refractivity contribution is -0.120. The molecule has 3 rings (SSSR count). The molecule has 0 radical (unpaired) electrons. The molecule has 2 aromatic carbocycles. The first kappa shape index (κ1) is 19.6. The highest BCUT2D eigenvalue weighted by Gasteiger charge is 2.32. The summed E-state index contributed by atoms with van der Waals surface area (Å²) in [4.78, 5) is 12.6. The van der Waals surface area contributed by atoms with Crippen LogP contribution in [0.15, 0.2) is 48.5 Å². The van der Waals surface area contributed by atoms with Crippen LogP contribution in [0.1, 0.15) is 29.5 Å². The van der Waals surface area contributed by atoms with Gasteiger partial charge in [0.25, 0.3) is 0 Å². The second kappa shape index (κ2) is 8.23. The highest BCUT2D eigenvalue weighted by atomic mass is 32.2. The standard InChI is InChI=1S/C21H26N2O3S/c1-16-7-5-11-20(13-16)22-21(24)18-10-6-12-23(14-18)27(25,26)15-19-9-4-3-8-17(19)2/h3-5,7-9,11,13,18H,6,10,12,14-15H2,1-2H3,(H,22,24). The average molecular weight is 387 g/mol. The third kappa shape index (κ3) is 4.96. The summed E-state index contributed by atoms with van der Waals surface area (Å²) in [6.45, 7) is 4.60. The van der Waals surface area contributed by atoms with Gasteiger partial charge in [0.1, 0.15) is 0 Å². The molecule has 1 unspecified atom stereocenters. The van der Waals surface area contributed by atoms with Gasteiger partial charge in [0.15, 0.2) is 0 Å². The normalized spacial score (nSPS) is 18.2. The minimum absolute atomic E-state index is 0.0219. The number of rotatable bonds is 5. The minimum Gasteiger partial charge on any atom is -0.326 e. The number of nitrogens with zero attached hydrogens (tertiary/aromatic N) is 1. The molecule has 1 amide bonds. The molecule has 0 bridgehead atoms. The first-order chi connectivity index (χ1) is 12.8. The Balaban J connectivity index is 1.68. The zero-order valence-electron chi connectivity index (χ0n) is 15.8. The molecule has 0 aromatic heterocycles. The predicted molar refractivity (Wildman–Crippen MR) is 108 cm³/mol. The maximum absolute atomic E-state index is 12.9. The van der Waals surface area contributed by atoms with Gasteiger partial charge in [-0.15, -0.1) is 0 Å². The summed E-state index contributed by atoms with van der Waals surface area (Å²) in [5, 5.41) is 2.92. The number of anilines is 1. The fourth-order valence-electron chi connectivity index (χ4n) is 3.44. The lowest BCUT2D eigenvalue weighted by atomic mass is 9.98. The van der Waals surface area contributed by atoms with Crippen molar-refractivity contribution in [1.82, 2.24) is 4.31 Å². The van der Waals surface area contributed by atoms with E-state index in [-0.39, 0.29) is 24.1 Å². The van der Waals surface area contributed by atoms with Crippen molar-refractivity contribution in [3.63, 3.8) is 0 Å². The van der Waals surface area contributed by atoms with Crippen molar-refractivity contribution in [3.8, 4) is 0 Å². The van der Waals surface area contributed by atoms with Crippen LogP contribution >= 0.6 is 0 Å². The average Bonchev–Trinajstić information content (AvgIpc) is 2.64. The van der Waals surface area contributed by atoms with Crippen molar-refractivity contribution in [3.05, 3.63) is 65.2 Å². The Morgan fingerprint density at radius 1 is 1.15 bits per heavy atom. The number of piperidine rings is 1. The van der Waals surface area contributed by atoms with Gasteiger partial charge in [0.2, 0.25) is 15.9 Å². The van der Waals surface area contributed by atoms with Gasteiger partial charge in [0, 0.05) is 18.8 Å². The molecular weight excluding hydrogens is 360 g/mol. The molecule has 6 heteroatoms. The summed E-state index contributed by atoms with van der Waals surface area (Å²) < 4.78 is 27.2. The van der Waals surface area contributed by atoms with Crippen LogP contribution in [-0.2, 0) is 20.6 Å². The summed E-state index contributed by atoms with van der Waals surface area (Å²) >= 11 is 0. The smallest absolute Gasteiger partial charge is 0.228 e. The van der Waals surface area contributed by atoms with Crippen molar-refractivity contribution >= 4 is 21.6 Å². The first-order valence-corrected chi connectivity index (χ1v) is 10.9. The number of hydrogen-bond acceptors (Lipinski definition) is 3. The first-order valence-electron chi connectivity index (χ1n) is 9.25. The van der Waals surface area contributed by atoms with Gasteiger partial charge in [0.05, 0.1) is 11.7 Å². The van der Waals surface area contributed by atoms with E-state index in [1.54, 1.807) is 0 Å². The van der Waals surface area contributed by atoms with Crippen molar-refractivity contribution in [1.29, 1.82) is 0 Å². The second-order valence-electron chi connectivity index (χ2n) is 7.24. The number of amides is 1. The maximum Gasteiger partial charge on any atom is 0.228 e. The van der Waals surface area contributed by atoms with Gasteiger partial charge in [-0.2, -0.15) is 0 Å². The highest BCUT2D eigenvalue weighted by Crippen LogP contribution is 2.24. The summed E-state index contributed by atoms with van der Waals surface area (Å²) in [5.41, 5.74) is 3.59. The van der Waals surface area contributed by atoms with Crippen LogP contribution in [0.4, 0.5) is 5.69 Å². The van der Waals surface area contributed by atoms with E-state index in [4.69, 9.17) is 0 Å². The Hall–Kier alpha value is -2.18. The summed E-state index contributed by atoms with van der Waals surface area (Å²) in [6.07, 6.45) is 1.40. The molecule has 2 aromatic rings. The molecule has 0 spiro atoms. The molecule has 27 heavy (non-hydrogen) atoms. The Kier molecular flexibility index (Phi) is 5.97. The third-order valence-electron chi connectivity index (χ3n) is 5.03. The number of nitrogens with one attached hydrogen (secondary N) is 1. The summed E-state index contributed by atoms with van der Waals surface area (Å²) in [6, 6.07) is 15.1. The SMILES string of the molecule is Cc1cccc(NC(=O)C2CCCN(S(=O)(=O)Cc3ccccc3C)C2)c1. The zero-order chi connectivity index (χ0) is 19.4. The molecule has 1 saturated heterocycles. The fourth-order valence-corrected chi connectivity index (χ4v) is 5.15. The van der Waals surface area contributed by atoms with E-state index in [9.17, 15) is 13.2 Å². The minimum atomic E-state index is -3.45. The van der Waals surface area contributed by atoms with E-state index in [1.165, 1.54) is 4.31 Å². The van der Waals surface area contributed by atoms with Crippen LogP contribution in [0.25, 0.3) is 0 Å². The van der Waals surface area contributed by atoms with Gasteiger partial charge in [-0.25, -0.2) is 12.7 Å². The van der Waals surface area contributed by atoms with Crippen molar-refractivity contribution in [2.45, 2.75) is 32.4 Å². The number of benzene rings is 2. The molecule has 5 nitrogen and oxygen atoms in total. The molecule has 1 fully saturated rings.